The highest BCUT2D eigenvalue weighted by Gasteiger charge is 2.30. The first-order chi connectivity index (χ1) is 13.6. The molecule has 2 aromatic carbocycles. The van der Waals surface area contributed by atoms with Gasteiger partial charge in [-0.2, -0.15) is 0 Å². The van der Waals surface area contributed by atoms with Gasteiger partial charge in [-0.15, -0.1) is 0 Å². The summed E-state index contributed by atoms with van der Waals surface area (Å²) in [6.45, 7) is 4.40. The predicted molar refractivity (Wildman–Crippen MR) is 113 cm³/mol. The van der Waals surface area contributed by atoms with Crippen LogP contribution in [0.4, 0.5) is 0 Å². The van der Waals surface area contributed by atoms with Crippen molar-refractivity contribution in [1.29, 1.82) is 0 Å². The number of ether oxygens (including phenoxy) is 1. The molecule has 2 aromatic rings. The van der Waals surface area contributed by atoms with Crippen molar-refractivity contribution in [3.63, 3.8) is 0 Å². The van der Waals surface area contributed by atoms with Crippen LogP contribution in [-0.2, 0) is 15.4 Å². The normalized spacial score (nSPS) is 14.5. The van der Waals surface area contributed by atoms with E-state index in [2.05, 4.69) is 10.0 Å². The summed E-state index contributed by atoms with van der Waals surface area (Å²) in [5.74, 6) is -0.145. The molecular formula is C21H25ClN2O4S. The van der Waals surface area contributed by atoms with Crippen LogP contribution in [0.25, 0.3) is 0 Å². The van der Waals surface area contributed by atoms with Crippen molar-refractivity contribution in [2.45, 2.75) is 43.0 Å². The number of amides is 1. The Morgan fingerprint density at radius 1 is 1.17 bits per heavy atom. The molecule has 0 heterocycles. The third kappa shape index (κ3) is 5.29. The van der Waals surface area contributed by atoms with Crippen LogP contribution in [0.1, 0.15) is 42.6 Å². The van der Waals surface area contributed by atoms with Gasteiger partial charge in [0, 0.05) is 28.6 Å². The van der Waals surface area contributed by atoms with Crippen molar-refractivity contribution in [2.24, 2.45) is 0 Å². The van der Waals surface area contributed by atoms with Crippen molar-refractivity contribution in [1.82, 2.24) is 10.0 Å². The topological polar surface area (TPSA) is 84.5 Å². The zero-order valence-electron chi connectivity index (χ0n) is 16.7. The zero-order valence-corrected chi connectivity index (χ0v) is 18.2. The molecule has 0 aromatic heterocycles. The number of benzene rings is 2. The summed E-state index contributed by atoms with van der Waals surface area (Å²) in [5.41, 5.74) is 0.970. The molecule has 1 amide bonds. The van der Waals surface area contributed by atoms with E-state index in [0.717, 1.165) is 18.4 Å². The Morgan fingerprint density at radius 2 is 1.83 bits per heavy atom. The standard InChI is InChI=1S/C21H25ClN2O4S/c1-21(2,15-5-7-16(22)8-6-15)13-23-20(25)14-4-11-18(28-3)19(12-14)29(26,27)24-17-9-10-17/h4-8,11-12,17,24H,9-10,13H2,1-3H3,(H,23,25). The summed E-state index contributed by atoms with van der Waals surface area (Å²) < 4.78 is 33.1. The van der Waals surface area contributed by atoms with E-state index in [-0.39, 0.29) is 33.6 Å². The van der Waals surface area contributed by atoms with Crippen molar-refractivity contribution in [3.05, 3.63) is 58.6 Å². The number of nitrogens with one attached hydrogen (secondary N) is 2. The van der Waals surface area contributed by atoms with Gasteiger partial charge in [0.2, 0.25) is 10.0 Å². The maximum atomic E-state index is 12.7. The first-order valence-corrected chi connectivity index (χ1v) is 11.2. The fourth-order valence-electron chi connectivity index (χ4n) is 2.92. The van der Waals surface area contributed by atoms with E-state index >= 15 is 0 Å². The van der Waals surface area contributed by atoms with Crippen LogP contribution in [0.3, 0.4) is 0 Å². The average molecular weight is 437 g/mol. The molecule has 0 spiro atoms. The lowest BCUT2D eigenvalue weighted by Gasteiger charge is -2.26. The van der Waals surface area contributed by atoms with Gasteiger partial charge in [0.25, 0.3) is 5.91 Å². The van der Waals surface area contributed by atoms with Crippen LogP contribution >= 0.6 is 11.6 Å². The van der Waals surface area contributed by atoms with E-state index in [1.54, 1.807) is 6.07 Å². The Hall–Kier alpha value is -2.09. The third-order valence-corrected chi connectivity index (χ3v) is 6.72. The predicted octanol–water partition coefficient (Wildman–Crippen LogP) is 3.50. The second kappa shape index (κ2) is 8.34. The molecule has 0 unspecified atom stereocenters. The largest absolute Gasteiger partial charge is 0.495 e. The maximum Gasteiger partial charge on any atom is 0.251 e. The molecule has 0 radical (unpaired) electrons. The molecule has 0 bridgehead atoms. The Balaban J connectivity index is 1.76. The fraction of sp³-hybridized carbons (Fsp3) is 0.381. The second-order valence-electron chi connectivity index (χ2n) is 7.83. The fourth-order valence-corrected chi connectivity index (χ4v) is 4.54. The molecule has 0 saturated heterocycles. The average Bonchev–Trinajstić information content (AvgIpc) is 3.49. The van der Waals surface area contributed by atoms with E-state index in [1.807, 2.05) is 38.1 Å². The number of hydrogen-bond acceptors (Lipinski definition) is 4. The molecule has 156 valence electrons. The summed E-state index contributed by atoms with van der Waals surface area (Å²) >= 11 is 5.95. The molecule has 8 heteroatoms. The van der Waals surface area contributed by atoms with Crippen LogP contribution < -0.4 is 14.8 Å². The third-order valence-electron chi connectivity index (χ3n) is 4.93. The van der Waals surface area contributed by atoms with E-state index < -0.39 is 10.0 Å². The van der Waals surface area contributed by atoms with Crippen LogP contribution in [0.15, 0.2) is 47.4 Å². The lowest BCUT2D eigenvalue weighted by Crippen LogP contribution is -2.36. The van der Waals surface area contributed by atoms with Gasteiger partial charge in [0.1, 0.15) is 10.6 Å². The quantitative estimate of drug-likeness (QED) is 0.663. The molecule has 2 N–H and O–H groups in total. The molecule has 1 fully saturated rings. The lowest BCUT2D eigenvalue weighted by atomic mass is 9.84. The van der Waals surface area contributed by atoms with Gasteiger partial charge in [-0.05, 0) is 48.7 Å². The van der Waals surface area contributed by atoms with Crippen molar-refractivity contribution < 1.29 is 17.9 Å². The van der Waals surface area contributed by atoms with E-state index in [4.69, 9.17) is 16.3 Å². The number of carbonyl (C=O) groups excluding carboxylic acids is 1. The van der Waals surface area contributed by atoms with Gasteiger partial charge < -0.3 is 10.1 Å². The number of sulfonamides is 1. The lowest BCUT2D eigenvalue weighted by molar-refractivity contribution is 0.0945. The van der Waals surface area contributed by atoms with Crippen LogP contribution in [0.5, 0.6) is 5.75 Å². The molecule has 0 aliphatic heterocycles. The Bertz CT molecular complexity index is 1000. The highest BCUT2D eigenvalue weighted by molar-refractivity contribution is 7.89. The summed E-state index contributed by atoms with van der Waals surface area (Å²) in [6.07, 6.45) is 1.64. The number of hydrogen-bond donors (Lipinski definition) is 2. The van der Waals surface area contributed by atoms with E-state index in [0.29, 0.717) is 11.6 Å². The highest BCUT2D eigenvalue weighted by Crippen LogP contribution is 2.29. The Kier molecular flexibility index (Phi) is 6.22. The Morgan fingerprint density at radius 3 is 2.41 bits per heavy atom. The summed E-state index contributed by atoms with van der Waals surface area (Å²) in [7, 11) is -2.35. The van der Waals surface area contributed by atoms with Crippen molar-refractivity contribution in [3.8, 4) is 5.75 Å². The monoisotopic (exact) mass is 436 g/mol. The zero-order chi connectivity index (χ0) is 21.2. The first kappa shape index (κ1) is 21.6. The van der Waals surface area contributed by atoms with Crippen molar-refractivity contribution in [2.75, 3.05) is 13.7 Å². The molecule has 0 atom stereocenters. The minimum Gasteiger partial charge on any atom is -0.495 e. The van der Waals surface area contributed by atoms with Crippen LogP contribution in [0.2, 0.25) is 5.02 Å². The molecule has 6 nitrogen and oxygen atoms in total. The molecule has 1 saturated carbocycles. The van der Waals surface area contributed by atoms with E-state index in [9.17, 15) is 13.2 Å². The summed E-state index contributed by atoms with van der Waals surface area (Å²) in [4.78, 5) is 12.7. The maximum absolute atomic E-state index is 12.7. The van der Waals surface area contributed by atoms with Gasteiger partial charge in [-0.3, -0.25) is 4.79 Å². The minimum absolute atomic E-state index is 0.0310. The summed E-state index contributed by atoms with van der Waals surface area (Å²) in [5, 5.41) is 3.55. The van der Waals surface area contributed by atoms with Gasteiger partial charge in [0.15, 0.2) is 0 Å². The molecular weight excluding hydrogens is 412 g/mol. The number of methoxy groups -OCH3 is 1. The SMILES string of the molecule is COc1ccc(C(=O)NCC(C)(C)c2ccc(Cl)cc2)cc1S(=O)(=O)NC1CC1. The number of halogens is 1. The number of carbonyl (C=O) groups is 1. The Labute approximate surface area is 176 Å². The highest BCUT2D eigenvalue weighted by atomic mass is 35.5. The van der Waals surface area contributed by atoms with Crippen LogP contribution in [0, 0.1) is 0 Å². The summed E-state index contributed by atoms with van der Waals surface area (Å²) in [6, 6.07) is 11.9. The second-order valence-corrected chi connectivity index (χ2v) is 9.95. The van der Waals surface area contributed by atoms with Crippen molar-refractivity contribution >= 4 is 27.5 Å². The van der Waals surface area contributed by atoms with Crippen LogP contribution in [-0.4, -0.2) is 34.0 Å². The van der Waals surface area contributed by atoms with Gasteiger partial charge in [-0.25, -0.2) is 13.1 Å². The number of rotatable bonds is 8. The van der Waals surface area contributed by atoms with Gasteiger partial charge in [0.05, 0.1) is 7.11 Å². The van der Waals surface area contributed by atoms with E-state index in [1.165, 1.54) is 19.2 Å². The van der Waals surface area contributed by atoms with Gasteiger partial charge >= 0.3 is 0 Å². The smallest absolute Gasteiger partial charge is 0.251 e. The van der Waals surface area contributed by atoms with Gasteiger partial charge in [-0.1, -0.05) is 37.6 Å². The molecule has 3 rings (SSSR count). The molecule has 1 aliphatic rings. The molecule has 29 heavy (non-hydrogen) atoms. The minimum atomic E-state index is -3.75. The first-order valence-electron chi connectivity index (χ1n) is 9.37. The molecule has 1 aliphatic carbocycles.